The van der Waals surface area contributed by atoms with Crippen LogP contribution in [0.25, 0.3) is 0 Å². The predicted molar refractivity (Wildman–Crippen MR) is 73.1 cm³/mol. The van der Waals surface area contributed by atoms with Gasteiger partial charge in [0.15, 0.2) is 0 Å². The third-order valence-corrected chi connectivity index (χ3v) is 3.65. The monoisotopic (exact) mass is 244 g/mol. The van der Waals surface area contributed by atoms with Gasteiger partial charge < -0.3 is 5.73 Å². The molecule has 0 aliphatic carbocycles. The minimum atomic E-state index is 0.183. The van der Waals surface area contributed by atoms with Crippen LogP contribution in [0.4, 0.5) is 0 Å². The van der Waals surface area contributed by atoms with Crippen LogP contribution in [-0.2, 0) is 6.42 Å². The van der Waals surface area contributed by atoms with Crippen molar-refractivity contribution in [3.05, 3.63) is 60.4 Å². The van der Waals surface area contributed by atoms with Crippen molar-refractivity contribution in [2.75, 3.05) is 5.75 Å². The summed E-state index contributed by atoms with van der Waals surface area (Å²) in [6.07, 6.45) is 4.53. The molecule has 1 heterocycles. The van der Waals surface area contributed by atoms with Crippen molar-refractivity contribution in [2.24, 2.45) is 5.73 Å². The summed E-state index contributed by atoms with van der Waals surface area (Å²) in [6.45, 7) is 0. The fourth-order valence-corrected chi connectivity index (χ4v) is 2.47. The lowest BCUT2D eigenvalue weighted by molar-refractivity contribution is 0.748. The Labute approximate surface area is 106 Å². The van der Waals surface area contributed by atoms with Gasteiger partial charge in [-0.15, -0.1) is 11.8 Å². The molecule has 0 aliphatic heterocycles. The maximum atomic E-state index is 6.11. The molecule has 1 aromatic carbocycles. The zero-order valence-electron chi connectivity index (χ0n) is 9.62. The summed E-state index contributed by atoms with van der Waals surface area (Å²) in [5.74, 6) is 0.937. The summed E-state index contributed by atoms with van der Waals surface area (Å²) in [7, 11) is 0. The van der Waals surface area contributed by atoms with Crippen molar-refractivity contribution in [1.82, 2.24) is 4.98 Å². The van der Waals surface area contributed by atoms with E-state index in [1.165, 1.54) is 10.5 Å². The highest BCUT2D eigenvalue weighted by atomic mass is 32.2. The molecule has 1 atom stereocenters. The number of rotatable bonds is 5. The molecule has 0 radical (unpaired) electrons. The first-order chi connectivity index (χ1) is 8.34. The van der Waals surface area contributed by atoms with E-state index in [-0.39, 0.29) is 6.04 Å². The van der Waals surface area contributed by atoms with E-state index in [4.69, 9.17) is 5.73 Å². The normalized spacial score (nSPS) is 12.3. The van der Waals surface area contributed by atoms with E-state index < -0.39 is 0 Å². The van der Waals surface area contributed by atoms with Gasteiger partial charge >= 0.3 is 0 Å². The first-order valence-corrected chi connectivity index (χ1v) is 6.65. The van der Waals surface area contributed by atoms with Gasteiger partial charge in [0.05, 0.1) is 0 Å². The van der Waals surface area contributed by atoms with Crippen molar-refractivity contribution < 1.29 is 0 Å². The van der Waals surface area contributed by atoms with Crippen LogP contribution in [0.2, 0.25) is 0 Å². The number of aromatic nitrogens is 1. The van der Waals surface area contributed by atoms with E-state index in [1.807, 2.05) is 42.4 Å². The zero-order valence-corrected chi connectivity index (χ0v) is 10.4. The molecule has 0 saturated heterocycles. The summed E-state index contributed by atoms with van der Waals surface area (Å²) < 4.78 is 0. The van der Waals surface area contributed by atoms with Crippen molar-refractivity contribution in [2.45, 2.75) is 17.4 Å². The lowest BCUT2D eigenvalue weighted by atomic mass is 10.1. The standard InChI is InChI=1S/C14H16N2S/c15-13(10-12-6-8-16-9-7-12)11-17-14-4-2-1-3-5-14/h1-9,13H,10-11,15H2. The number of benzene rings is 1. The fourth-order valence-electron chi connectivity index (χ4n) is 1.60. The van der Waals surface area contributed by atoms with Crippen LogP contribution in [0.5, 0.6) is 0 Å². The van der Waals surface area contributed by atoms with Crippen LogP contribution in [0.1, 0.15) is 5.56 Å². The lowest BCUT2D eigenvalue weighted by Gasteiger charge is -2.11. The Morgan fingerprint density at radius 3 is 2.47 bits per heavy atom. The van der Waals surface area contributed by atoms with E-state index in [1.54, 1.807) is 0 Å². The smallest absolute Gasteiger partial charge is 0.0270 e. The molecule has 2 aromatic rings. The Balaban J connectivity index is 1.80. The second-order valence-electron chi connectivity index (χ2n) is 3.94. The molecule has 0 bridgehead atoms. The molecular weight excluding hydrogens is 228 g/mol. The topological polar surface area (TPSA) is 38.9 Å². The van der Waals surface area contributed by atoms with Crippen molar-refractivity contribution in [3.63, 3.8) is 0 Å². The van der Waals surface area contributed by atoms with Gasteiger partial charge in [-0.25, -0.2) is 0 Å². The maximum Gasteiger partial charge on any atom is 0.0270 e. The first-order valence-electron chi connectivity index (χ1n) is 5.67. The number of pyridine rings is 1. The summed E-state index contributed by atoms with van der Waals surface area (Å²) in [5, 5.41) is 0. The Bertz CT molecular complexity index is 430. The summed E-state index contributed by atoms with van der Waals surface area (Å²) >= 11 is 1.81. The molecule has 0 fully saturated rings. The summed E-state index contributed by atoms with van der Waals surface area (Å²) in [4.78, 5) is 5.28. The molecule has 2 rings (SSSR count). The molecule has 88 valence electrons. The summed E-state index contributed by atoms with van der Waals surface area (Å²) in [5.41, 5.74) is 7.36. The number of hydrogen-bond acceptors (Lipinski definition) is 3. The second kappa shape index (κ2) is 6.42. The van der Waals surface area contributed by atoms with Gasteiger partial charge in [0.1, 0.15) is 0 Å². The average molecular weight is 244 g/mol. The molecule has 1 aromatic heterocycles. The maximum absolute atomic E-state index is 6.11. The van der Waals surface area contributed by atoms with Crippen molar-refractivity contribution in [1.29, 1.82) is 0 Å². The molecule has 17 heavy (non-hydrogen) atoms. The van der Waals surface area contributed by atoms with Gasteiger partial charge in [-0.05, 0) is 36.2 Å². The van der Waals surface area contributed by atoms with E-state index in [0.717, 1.165) is 12.2 Å². The Morgan fingerprint density at radius 2 is 1.76 bits per heavy atom. The van der Waals surface area contributed by atoms with Gasteiger partial charge in [-0.1, -0.05) is 18.2 Å². The van der Waals surface area contributed by atoms with Crippen molar-refractivity contribution in [3.8, 4) is 0 Å². The SMILES string of the molecule is NC(CSc1ccccc1)Cc1ccncc1. The molecule has 2 N–H and O–H groups in total. The number of thioether (sulfide) groups is 1. The van der Waals surface area contributed by atoms with Crippen LogP contribution >= 0.6 is 11.8 Å². The first kappa shape index (κ1) is 12.1. The predicted octanol–water partition coefficient (Wildman–Crippen LogP) is 2.74. The Morgan fingerprint density at radius 1 is 1.06 bits per heavy atom. The quantitative estimate of drug-likeness (QED) is 0.822. The molecule has 1 unspecified atom stereocenters. The molecule has 0 amide bonds. The number of nitrogens with two attached hydrogens (primary N) is 1. The third kappa shape index (κ3) is 4.21. The summed E-state index contributed by atoms with van der Waals surface area (Å²) in [6, 6.07) is 14.6. The highest BCUT2D eigenvalue weighted by Crippen LogP contribution is 2.18. The largest absolute Gasteiger partial charge is 0.327 e. The third-order valence-electron chi connectivity index (χ3n) is 2.45. The van der Waals surface area contributed by atoms with Gasteiger partial charge in [0.2, 0.25) is 0 Å². The van der Waals surface area contributed by atoms with Gasteiger partial charge in [0.25, 0.3) is 0 Å². The van der Waals surface area contributed by atoms with Gasteiger partial charge in [-0.2, -0.15) is 0 Å². The van der Waals surface area contributed by atoms with Crippen molar-refractivity contribution >= 4 is 11.8 Å². The lowest BCUT2D eigenvalue weighted by Crippen LogP contribution is -2.25. The molecule has 3 heteroatoms. The zero-order chi connectivity index (χ0) is 11.9. The number of hydrogen-bond donors (Lipinski definition) is 1. The van der Waals surface area contributed by atoms with Crippen LogP contribution < -0.4 is 5.73 Å². The number of nitrogens with zero attached hydrogens (tertiary/aromatic N) is 1. The van der Waals surface area contributed by atoms with Gasteiger partial charge in [0, 0.05) is 29.1 Å². The average Bonchev–Trinajstić information content (AvgIpc) is 2.39. The molecular formula is C14H16N2S. The van der Waals surface area contributed by atoms with Crippen LogP contribution in [-0.4, -0.2) is 16.8 Å². The minimum absolute atomic E-state index is 0.183. The fraction of sp³-hybridized carbons (Fsp3) is 0.214. The Kier molecular flexibility index (Phi) is 4.59. The highest BCUT2D eigenvalue weighted by molar-refractivity contribution is 7.99. The van der Waals surface area contributed by atoms with Gasteiger partial charge in [-0.3, -0.25) is 4.98 Å². The molecule has 2 nitrogen and oxygen atoms in total. The highest BCUT2D eigenvalue weighted by Gasteiger charge is 2.04. The van der Waals surface area contributed by atoms with Crippen LogP contribution in [0.15, 0.2) is 59.8 Å². The van der Waals surface area contributed by atoms with E-state index >= 15 is 0 Å². The molecule has 0 spiro atoms. The Hall–Kier alpha value is -1.32. The molecule has 0 aliphatic rings. The van der Waals surface area contributed by atoms with E-state index in [0.29, 0.717) is 0 Å². The molecule has 0 saturated carbocycles. The van der Waals surface area contributed by atoms with E-state index in [2.05, 4.69) is 29.2 Å². The minimum Gasteiger partial charge on any atom is -0.327 e. The second-order valence-corrected chi connectivity index (χ2v) is 5.04. The van der Waals surface area contributed by atoms with Crippen LogP contribution in [0.3, 0.4) is 0 Å². The van der Waals surface area contributed by atoms with Crippen LogP contribution in [0, 0.1) is 0 Å². The van der Waals surface area contributed by atoms with E-state index in [9.17, 15) is 0 Å².